The molecular weight excluding hydrogens is 390 g/mol. The number of fused-ring (bicyclic) bond motifs is 1. The Balaban J connectivity index is 1.33. The molecule has 0 unspecified atom stereocenters. The Morgan fingerprint density at radius 3 is 2.84 bits per heavy atom. The minimum Gasteiger partial charge on any atom is -0.306 e. The molecule has 8 heteroatoms. The summed E-state index contributed by atoms with van der Waals surface area (Å²) in [5.41, 5.74) is 3.53. The van der Waals surface area contributed by atoms with Gasteiger partial charge in [0.15, 0.2) is 5.65 Å². The van der Waals surface area contributed by atoms with Crippen LogP contribution in [0.25, 0.3) is 5.65 Å². The molecule has 0 saturated heterocycles. The summed E-state index contributed by atoms with van der Waals surface area (Å²) in [7, 11) is 0. The molecule has 0 radical (unpaired) electrons. The molecule has 8 nitrogen and oxygen atoms in total. The summed E-state index contributed by atoms with van der Waals surface area (Å²) < 4.78 is 1.66. The van der Waals surface area contributed by atoms with Crippen LogP contribution in [-0.2, 0) is 0 Å². The minimum absolute atomic E-state index is 0.120. The number of anilines is 1. The standard InChI is InChI=1S/C23H17N7O/c31-23(30-21(11-14-27-30)17-5-2-1-3-6-17)28-19-10-13-24-18(15-19)8-9-20-16-25-22-7-4-12-26-29(20)22/h1-7,10,12-16,21H,11H2,(H,24,28,31)/t21-/m1/s1. The molecule has 1 N–H and O–H groups in total. The number of pyridine rings is 1. The maximum atomic E-state index is 12.8. The first-order valence-electron chi connectivity index (χ1n) is 9.72. The second kappa shape index (κ2) is 8.08. The van der Waals surface area contributed by atoms with Crippen molar-refractivity contribution in [2.75, 3.05) is 5.32 Å². The van der Waals surface area contributed by atoms with Crippen molar-refractivity contribution in [3.63, 3.8) is 0 Å². The van der Waals surface area contributed by atoms with Gasteiger partial charge in [-0.25, -0.2) is 24.3 Å². The summed E-state index contributed by atoms with van der Waals surface area (Å²) in [6.45, 7) is 0. The molecule has 4 aromatic rings. The number of rotatable bonds is 2. The molecule has 2 amide bonds. The number of carbonyl (C=O) groups is 1. The molecule has 150 valence electrons. The molecule has 0 aliphatic carbocycles. The van der Waals surface area contributed by atoms with E-state index in [1.807, 2.05) is 42.5 Å². The smallest absolute Gasteiger partial charge is 0.306 e. The molecule has 0 bridgehead atoms. The lowest BCUT2D eigenvalue weighted by Gasteiger charge is -2.22. The predicted molar refractivity (Wildman–Crippen MR) is 116 cm³/mol. The van der Waals surface area contributed by atoms with Gasteiger partial charge in [0.2, 0.25) is 0 Å². The molecule has 5 rings (SSSR count). The Hall–Kier alpha value is -4.51. The Morgan fingerprint density at radius 2 is 1.94 bits per heavy atom. The van der Waals surface area contributed by atoms with E-state index in [2.05, 4.69) is 37.3 Å². The van der Waals surface area contributed by atoms with Crippen LogP contribution in [0.15, 0.2) is 78.3 Å². The highest BCUT2D eigenvalue weighted by atomic mass is 16.2. The molecule has 0 fully saturated rings. The van der Waals surface area contributed by atoms with Crippen molar-refractivity contribution in [2.24, 2.45) is 5.10 Å². The predicted octanol–water partition coefficient (Wildman–Crippen LogP) is 3.49. The van der Waals surface area contributed by atoms with E-state index in [-0.39, 0.29) is 12.1 Å². The van der Waals surface area contributed by atoms with Crippen LogP contribution in [0.2, 0.25) is 0 Å². The quantitative estimate of drug-likeness (QED) is 0.515. The molecular formula is C23H17N7O. The molecule has 0 spiro atoms. The zero-order chi connectivity index (χ0) is 21.0. The summed E-state index contributed by atoms with van der Waals surface area (Å²) in [5.74, 6) is 6.03. The van der Waals surface area contributed by atoms with Crippen molar-refractivity contribution >= 4 is 23.6 Å². The first kappa shape index (κ1) is 18.5. The van der Waals surface area contributed by atoms with Crippen molar-refractivity contribution in [2.45, 2.75) is 12.5 Å². The summed E-state index contributed by atoms with van der Waals surface area (Å²) in [4.78, 5) is 21.4. The fraction of sp³-hybridized carbons (Fsp3) is 0.0870. The van der Waals surface area contributed by atoms with Crippen molar-refractivity contribution in [1.29, 1.82) is 0 Å². The van der Waals surface area contributed by atoms with Crippen LogP contribution >= 0.6 is 0 Å². The second-order valence-corrected chi connectivity index (χ2v) is 6.85. The Morgan fingerprint density at radius 1 is 1.03 bits per heavy atom. The third-order valence-electron chi connectivity index (χ3n) is 4.83. The molecule has 1 aliphatic heterocycles. The lowest BCUT2D eigenvalue weighted by molar-refractivity contribution is 0.200. The van der Waals surface area contributed by atoms with E-state index in [0.29, 0.717) is 23.5 Å². The summed E-state index contributed by atoms with van der Waals surface area (Å²) in [5, 5.41) is 12.8. The minimum atomic E-state index is -0.307. The topological polar surface area (TPSA) is 87.8 Å². The number of hydrogen-bond acceptors (Lipinski definition) is 5. The average molecular weight is 407 g/mol. The summed E-state index contributed by atoms with van der Waals surface area (Å²) in [6.07, 6.45) is 7.38. The van der Waals surface area contributed by atoms with Crippen molar-refractivity contribution in [3.8, 4) is 11.8 Å². The van der Waals surface area contributed by atoms with Crippen molar-refractivity contribution in [3.05, 3.63) is 90.1 Å². The molecule has 1 atom stereocenters. The molecule has 4 heterocycles. The summed E-state index contributed by atoms with van der Waals surface area (Å²) in [6, 6.07) is 16.5. The van der Waals surface area contributed by atoms with Gasteiger partial charge in [-0.2, -0.15) is 10.2 Å². The highest BCUT2D eigenvalue weighted by molar-refractivity contribution is 5.91. The van der Waals surface area contributed by atoms with Gasteiger partial charge in [-0.3, -0.25) is 0 Å². The third kappa shape index (κ3) is 3.84. The van der Waals surface area contributed by atoms with Gasteiger partial charge in [0.05, 0.1) is 12.2 Å². The average Bonchev–Trinajstić information content (AvgIpc) is 3.46. The molecule has 0 saturated carbocycles. The Kier molecular flexibility index (Phi) is 4.83. The number of aromatic nitrogens is 4. The SMILES string of the molecule is O=C(Nc1ccnc(C#Cc2cnc3cccnn23)c1)N1N=CC[C@@H]1c1ccccc1. The molecule has 31 heavy (non-hydrogen) atoms. The zero-order valence-electron chi connectivity index (χ0n) is 16.4. The van der Waals surface area contributed by atoms with Crippen LogP contribution in [0.1, 0.15) is 29.4 Å². The number of hydrogen-bond donors (Lipinski definition) is 1. The first-order valence-corrected chi connectivity index (χ1v) is 9.72. The van der Waals surface area contributed by atoms with Gasteiger partial charge >= 0.3 is 6.03 Å². The van der Waals surface area contributed by atoms with E-state index in [9.17, 15) is 4.79 Å². The number of benzene rings is 1. The van der Waals surface area contributed by atoms with Crippen molar-refractivity contribution < 1.29 is 4.79 Å². The van der Waals surface area contributed by atoms with Crippen LogP contribution < -0.4 is 5.32 Å². The largest absolute Gasteiger partial charge is 0.342 e. The Labute approximate surface area is 178 Å². The van der Waals surface area contributed by atoms with Gasteiger partial charge in [-0.15, -0.1) is 0 Å². The lowest BCUT2D eigenvalue weighted by atomic mass is 10.1. The van der Waals surface area contributed by atoms with Gasteiger partial charge in [-0.1, -0.05) is 30.3 Å². The number of urea groups is 1. The van der Waals surface area contributed by atoms with E-state index < -0.39 is 0 Å². The number of amides is 2. The second-order valence-electron chi connectivity index (χ2n) is 6.85. The fourth-order valence-electron chi connectivity index (χ4n) is 3.36. The number of nitrogens with one attached hydrogen (secondary N) is 1. The van der Waals surface area contributed by atoms with E-state index in [1.165, 1.54) is 5.01 Å². The zero-order valence-corrected chi connectivity index (χ0v) is 16.4. The number of hydrazone groups is 1. The van der Waals surface area contributed by atoms with Crippen LogP contribution in [0, 0.1) is 11.8 Å². The van der Waals surface area contributed by atoms with Crippen LogP contribution in [0.3, 0.4) is 0 Å². The Bertz CT molecular complexity index is 1330. The third-order valence-corrected chi connectivity index (χ3v) is 4.83. The molecule has 1 aliphatic rings. The van der Waals surface area contributed by atoms with Crippen molar-refractivity contribution in [1.82, 2.24) is 24.6 Å². The number of nitrogens with zero attached hydrogens (tertiary/aromatic N) is 6. The van der Waals surface area contributed by atoms with E-state index in [1.54, 1.807) is 41.5 Å². The molecule has 1 aromatic carbocycles. The van der Waals surface area contributed by atoms with Gasteiger partial charge in [-0.05, 0) is 41.7 Å². The highest BCUT2D eigenvalue weighted by Crippen LogP contribution is 2.28. The van der Waals surface area contributed by atoms with Gasteiger partial charge in [0.1, 0.15) is 11.4 Å². The van der Waals surface area contributed by atoms with Crippen LogP contribution in [0.5, 0.6) is 0 Å². The number of carbonyl (C=O) groups excluding carboxylic acids is 1. The van der Waals surface area contributed by atoms with Crippen LogP contribution in [0.4, 0.5) is 10.5 Å². The monoisotopic (exact) mass is 407 g/mol. The maximum absolute atomic E-state index is 12.8. The van der Waals surface area contributed by atoms with E-state index in [0.717, 1.165) is 11.2 Å². The lowest BCUT2D eigenvalue weighted by Crippen LogP contribution is -2.31. The highest BCUT2D eigenvalue weighted by Gasteiger charge is 2.28. The van der Waals surface area contributed by atoms with E-state index >= 15 is 0 Å². The fourth-order valence-corrected chi connectivity index (χ4v) is 3.36. The van der Waals surface area contributed by atoms with Gasteiger partial charge < -0.3 is 5.32 Å². The first-order chi connectivity index (χ1) is 15.3. The number of imidazole rings is 1. The van der Waals surface area contributed by atoms with Gasteiger partial charge in [0, 0.05) is 30.7 Å². The maximum Gasteiger partial charge on any atom is 0.342 e. The normalized spacial score (nSPS) is 15.0. The van der Waals surface area contributed by atoms with E-state index in [4.69, 9.17) is 0 Å². The molecule has 3 aromatic heterocycles. The van der Waals surface area contributed by atoms with Gasteiger partial charge in [0.25, 0.3) is 0 Å². The summed E-state index contributed by atoms with van der Waals surface area (Å²) >= 11 is 0. The van der Waals surface area contributed by atoms with Crippen LogP contribution in [-0.4, -0.2) is 36.8 Å².